The highest BCUT2D eigenvalue weighted by atomic mass is 16.3. The molecule has 0 saturated carbocycles. The predicted molar refractivity (Wildman–Crippen MR) is 65.3 cm³/mol. The zero-order chi connectivity index (χ0) is 12.3. The van der Waals surface area contributed by atoms with Crippen molar-refractivity contribution in [3.63, 3.8) is 0 Å². The van der Waals surface area contributed by atoms with Crippen LogP contribution in [0.3, 0.4) is 0 Å². The number of rotatable bonds is 4. The van der Waals surface area contributed by atoms with Gasteiger partial charge in [0.1, 0.15) is 11.6 Å². The minimum atomic E-state index is -0.161. The van der Waals surface area contributed by atoms with Gasteiger partial charge in [0.2, 0.25) is 0 Å². The van der Waals surface area contributed by atoms with E-state index < -0.39 is 0 Å². The summed E-state index contributed by atoms with van der Waals surface area (Å²) in [7, 11) is 5.47. The monoisotopic (exact) mass is 225 g/mol. The fourth-order valence-corrected chi connectivity index (χ4v) is 1.55. The van der Waals surface area contributed by atoms with Crippen molar-refractivity contribution in [3.8, 4) is 5.75 Å². The van der Waals surface area contributed by atoms with Gasteiger partial charge in [0.15, 0.2) is 0 Å². The van der Waals surface area contributed by atoms with Gasteiger partial charge in [0.25, 0.3) is 5.56 Å². The molecule has 0 radical (unpaired) electrons. The Morgan fingerprint density at radius 2 is 2.19 bits per heavy atom. The van der Waals surface area contributed by atoms with Crippen molar-refractivity contribution >= 4 is 5.82 Å². The summed E-state index contributed by atoms with van der Waals surface area (Å²) in [5.74, 6) is 0.762. The molecule has 0 amide bonds. The van der Waals surface area contributed by atoms with Gasteiger partial charge in [-0.2, -0.15) is 0 Å². The van der Waals surface area contributed by atoms with E-state index in [0.29, 0.717) is 11.4 Å². The quantitative estimate of drug-likeness (QED) is 0.760. The average molecular weight is 225 g/mol. The summed E-state index contributed by atoms with van der Waals surface area (Å²) in [6.45, 7) is 3.21. The van der Waals surface area contributed by atoms with Crippen LogP contribution in [-0.4, -0.2) is 36.9 Å². The van der Waals surface area contributed by atoms with Crippen molar-refractivity contribution in [2.45, 2.75) is 6.92 Å². The van der Waals surface area contributed by atoms with Gasteiger partial charge in [0.05, 0.1) is 5.56 Å². The molecule has 5 heteroatoms. The van der Waals surface area contributed by atoms with Gasteiger partial charge in [-0.05, 0) is 14.0 Å². The van der Waals surface area contributed by atoms with Gasteiger partial charge in [-0.1, -0.05) is 0 Å². The average Bonchev–Trinajstić information content (AvgIpc) is 2.28. The van der Waals surface area contributed by atoms with Crippen molar-refractivity contribution in [1.82, 2.24) is 9.88 Å². The highest BCUT2D eigenvalue weighted by Crippen LogP contribution is 2.19. The molecule has 0 aliphatic heterocycles. The number of aromatic hydroxyl groups is 1. The molecule has 0 atom stereocenters. The Hall–Kier alpha value is -1.49. The first-order valence-corrected chi connectivity index (χ1v) is 5.24. The summed E-state index contributed by atoms with van der Waals surface area (Å²) in [6.07, 6.45) is 0. The van der Waals surface area contributed by atoms with Crippen molar-refractivity contribution in [3.05, 3.63) is 22.0 Å². The fraction of sp³-hybridized carbons (Fsp3) is 0.545. The zero-order valence-electron chi connectivity index (χ0n) is 10.2. The molecule has 0 aliphatic carbocycles. The van der Waals surface area contributed by atoms with Gasteiger partial charge in [-0.3, -0.25) is 9.36 Å². The summed E-state index contributed by atoms with van der Waals surface area (Å²) in [5, 5.41) is 12.7. The first-order chi connectivity index (χ1) is 7.49. The Labute approximate surface area is 95.3 Å². The lowest BCUT2D eigenvalue weighted by atomic mass is 10.2. The Morgan fingerprint density at radius 1 is 1.56 bits per heavy atom. The molecule has 16 heavy (non-hydrogen) atoms. The Morgan fingerprint density at radius 3 is 2.75 bits per heavy atom. The highest BCUT2D eigenvalue weighted by molar-refractivity contribution is 5.46. The molecule has 0 bridgehead atoms. The van der Waals surface area contributed by atoms with Gasteiger partial charge >= 0.3 is 0 Å². The Bertz CT molecular complexity index is 426. The summed E-state index contributed by atoms with van der Waals surface area (Å²) < 4.78 is 1.55. The first-order valence-electron chi connectivity index (χ1n) is 5.24. The van der Waals surface area contributed by atoms with Crippen LogP contribution in [0.2, 0.25) is 0 Å². The van der Waals surface area contributed by atoms with E-state index in [2.05, 4.69) is 5.32 Å². The normalized spacial score (nSPS) is 10.5. The van der Waals surface area contributed by atoms with Crippen LogP contribution < -0.4 is 15.8 Å². The van der Waals surface area contributed by atoms with E-state index >= 15 is 0 Å². The largest absolute Gasteiger partial charge is 0.507 e. The summed E-state index contributed by atoms with van der Waals surface area (Å²) in [5.41, 5.74) is 0.222. The topological polar surface area (TPSA) is 57.5 Å². The Kier molecular flexibility index (Phi) is 3.95. The van der Waals surface area contributed by atoms with E-state index in [9.17, 15) is 9.90 Å². The summed E-state index contributed by atoms with van der Waals surface area (Å²) in [6, 6.07) is 1.62. The second kappa shape index (κ2) is 5.03. The third-order valence-corrected chi connectivity index (χ3v) is 2.71. The minimum absolute atomic E-state index is 0.0504. The molecular weight excluding hydrogens is 206 g/mol. The molecule has 0 saturated heterocycles. The molecule has 0 fully saturated rings. The smallest absolute Gasteiger partial charge is 0.258 e. The number of anilines is 1. The van der Waals surface area contributed by atoms with Crippen molar-refractivity contribution in [2.75, 3.05) is 32.1 Å². The maximum atomic E-state index is 11.7. The fourth-order valence-electron chi connectivity index (χ4n) is 1.55. The number of hydrogen-bond donors (Lipinski definition) is 2. The number of pyridine rings is 1. The van der Waals surface area contributed by atoms with Gasteiger partial charge in [0, 0.05) is 33.3 Å². The molecule has 1 aromatic rings. The maximum absolute atomic E-state index is 11.7. The van der Waals surface area contributed by atoms with Crippen LogP contribution in [-0.2, 0) is 7.05 Å². The third kappa shape index (κ3) is 2.36. The molecular formula is C11H19N3O2. The van der Waals surface area contributed by atoms with E-state index in [-0.39, 0.29) is 11.3 Å². The second-order valence-electron chi connectivity index (χ2n) is 3.90. The third-order valence-electron chi connectivity index (χ3n) is 2.71. The van der Waals surface area contributed by atoms with E-state index in [1.54, 1.807) is 24.6 Å². The van der Waals surface area contributed by atoms with E-state index in [1.165, 1.54) is 0 Å². The molecule has 0 spiro atoms. The van der Waals surface area contributed by atoms with E-state index in [0.717, 1.165) is 13.1 Å². The van der Waals surface area contributed by atoms with Crippen LogP contribution in [0.1, 0.15) is 5.56 Å². The number of nitrogens with zero attached hydrogens (tertiary/aromatic N) is 2. The summed E-state index contributed by atoms with van der Waals surface area (Å²) >= 11 is 0. The highest BCUT2D eigenvalue weighted by Gasteiger charge is 2.11. The van der Waals surface area contributed by atoms with E-state index in [4.69, 9.17) is 0 Å². The van der Waals surface area contributed by atoms with Gasteiger partial charge in [-0.25, -0.2) is 0 Å². The van der Waals surface area contributed by atoms with Crippen molar-refractivity contribution in [1.29, 1.82) is 0 Å². The molecule has 0 aliphatic rings. The molecule has 1 rings (SSSR count). The maximum Gasteiger partial charge on any atom is 0.258 e. The van der Waals surface area contributed by atoms with Crippen LogP contribution in [0.5, 0.6) is 5.75 Å². The lowest BCUT2D eigenvalue weighted by molar-refractivity contribution is 0.467. The van der Waals surface area contributed by atoms with Gasteiger partial charge in [-0.15, -0.1) is 0 Å². The minimum Gasteiger partial charge on any atom is -0.507 e. The number of nitrogens with one attached hydrogen (secondary N) is 1. The van der Waals surface area contributed by atoms with Gasteiger partial charge < -0.3 is 15.3 Å². The van der Waals surface area contributed by atoms with Crippen LogP contribution in [0.4, 0.5) is 5.82 Å². The molecule has 0 unspecified atom stereocenters. The molecule has 90 valence electrons. The SMILES string of the molecule is CNCCN(C)c1cc(O)c(C)c(=O)n1C. The zero-order valence-corrected chi connectivity index (χ0v) is 10.2. The summed E-state index contributed by atoms with van der Waals surface area (Å²) in [4.78, 5) is 13.7. The van der Waals surface area contributed by atoms with Crippen LogP contribution in [0, 0.1) is 6.92 Å². The van der Waals surface area contributed by atoms with Crippen LogP contribution in [0.25, 0.3) is 0 Å². The number of likely N-dealkylation sites (N-methyl/N-ethyl adjacent to an activating group) is 2. The molecule has 1 aromatic heterocycles. The Balaban J connectivity index is 3.10. The standard InChI is InChI=1S/C11H19N3O2/c1-8-9(15)7-10(14(4)11(8)16)13(3)6-5-12-2/h7,12,15H,5-6H2,1-4H3. The molecule has 1 heterocycles. The first kappa shape index (κ1) is 12.6. The van der Waals surface area contributed by atoms with Crippen molar-refractivity contribution < 1.29 is 5.11 Å². The van der Waals surface area contributed by atoms with E-state index in [1.807, 2.05) is 19.0 Å². The number of aromatic nitrogens is 1. The van der Waals surface area contributed by atoms with Crippen molar-refractivity contribution in [2.24, 2.45) is 7.05 Å². The molecule has 5 nitrogen and oxygen atoms in total. The molecule has 0 aromatic carbocycles. The van der Waals surface area contributed by atoms with Crippen LogP contribution >= 0.6 is 0 Å². The van der Waals surface area contributed by atoms with Crippen LogP contribution in [0.15, 0.2) is 10.9 Å². The predicted octanol–water partition coefficient (Wildman–Crippen LogP) is 0.0549. The lowest BCUT2D eigenvalue weighted by Crippen LogP contribution is -2.32. The molecule has 2 N–H and O–H groups in total. The number of hydrogen-bond acceptors (Lipinski definition) is 4. The lowest BCUT2D eigenvalue weighted by Gasteiger charge is -2.22. The second-order valence-corrected chi connectivity index (χ2v) is 3.90.